The number of amides is 2. The number of aromatic nitrogens is 2. The van der Waals surface area contributed by atoms with Gasteiger partial charge in [0.1, 0.15) is 0 Å². The summed E-state index contributed by atoms with van der Waals surface area (Å²) in [4.78, 5) is 27.3. The molecular weight excluding hydrogens is 557 g/mol. The number of fused-ring (bicyclic) bond motifs is 1. The molecule has 2 fully saturated rings. The number of piperidine rings is 1. The molecule has 0 aliphatic carbocycles. The van der Waals surface area contributed by atoms with E-state index in [1.54, 1.807) is 15.6 Å². The van der Waals surface area contributed by atoms with Crippen molar-refractivity contribution in [3.05, 3.63) is 35.0 Å². The molecule has 4 heterocycles. The molecule has 2 amide bonds. The van der Waals surface area contributed by atoms with Crippen LogP contribution in [0.25, 0.3) is 11.3 Å². The number of nitrogens with zero attached hydrogens (tertiary/aromatic N) is 4. The molecule has 4 N–H and O–H groups in total. The lowest BCUT2D eigenvalue weighted by Gasteiger charge is -2.32. The van der Waals surface area contributed by atoms with Gasteiger partial charge in [0.25, 0.3) is 0 Å². The molecule has 3 aliphatic rings. The predicted molar refractivity (Wildman–Crippen MR) is 149 cm³/mol. The molecule has 1 unspecified atom stereocenters. The lowest BCUT2D eigenvalue weighted by atomic mass is 9.96. The van der Waals surface area contributed by atoms with Crippen LogP contribution in [-0.2, 0) is 35.3 Å². The Labute approximate surface area is 241 Å². The van der Waals surface area contributed by atoms with Gasteiger partial charge in [0.2, 0.25) is 11.8 Å². The van der Waals surface area contributed by atoms with Gasteiger partial charge in [0, 0.05) is 79.0 Å². The first-order chi connectivity index (χ1) is 19.6. The van der Waals surface area contributed by atoms with Crippen molar-refractivity contribution in [1.29, 1.82) is 0 Å². The Balaban J connectivity index is 1.33. The van der Waals surface area contributed by atoms with Crippen molar-refractivity contribution in [3.63, 3.8) is 0 Å². The number of benzene rings is 1. The Kier molecular flexibility index (Phi) is 9.27. The van der Waals surface area contributed by atoms with E-state index < -0.39 is 17.8 Å². The normalized spacial score (nSPS) is 19.5. The number of β-amino-alcohol motifs (C(OH)–C–C–N with tert-alkyl or cyclic N) is 1. The number of thioether (sulfide) groups is 1. The van der Waals surface area contributed by atoms with E-state index in [0.717, 1.165) is 42.1 Å². The molecule has 9 nitrogen and oxygen atoms in total. The second-order valence-electron chi connectivity index (χ2n) is 11.1. The molecule has 0 radical (unpaired) electrons. The van der Waals surface area contributed by atoms with Crippen LogP contribution < -0.4 is 11.1 Å². The number of primary amides is 1. The minimum Gasteiger partial charge on any atom is -0.390 e. The van der Waals surface area contributed by atoms with Gasteiger partial charge >= 0.3 is 6.18 Å². The van der Waals surface area contributed by atoms with E-state index in [4.69, 9.17) is 10.8 Å². The highest BCUT2D eigenvalue weighted by Crippen LogP contribution is 2.40. The first-order valence-electron chi connectivity index (χ1n) is 14.2. The molecule has 0 saturated carbocycles. The number of rotatable bonds is 10. The predicted octanol–water partition coefficient (Wildman–Crippen LogP) is 2.49. The minimum atomic E-state index is -4.50. The molecule has 2 saturated heterocycles. The van der Waals surface area contributed by atoms with Crippen LogP contribution in [0.15, 0.2) is 23.1 Å². The second-order valence-corrected chi connectivity index (χ2v) is 12.2. The third-order valence-electron chi connectivity index (χ3n) is 8.20. The lowest BCUT2D eigenvalue weighted by Crippen LogP contribution is -2.42. The summed E-state index contributed by atoms with van der Waals surface area (Å²) >= 11 is 1.11. The molecule has 0 bridgehead atoms. The largest absolute Gasteiger partial charge is 0.417 e. The summed E-state index contributed by atoms with van der Waals surface area (Å²) in [7, 11) is 0. The van der Waals surface area contributed by atoms with E-state index in [9.17, 15) is 27.9 Å². The summed E-state index contributed by atoms with van der Waals surface area (Å²) in [5.74, 6) is 0.0272. The van der Waals surface area contributed by atoms with Gasteiger partial charge in [-0.05, 0) is 44.5 Å². The number of likely N-dealkylation sites (tertiary alicyclic amines) is 2. The average Bonchev–Trinajstić information content (AvgIpc) is 3.51. The molecule has 2 aromatic rings. The van der Waals surface area contributed by atoms with Crippen LogP contribution in [-0.4, -0.2) is 87.6 Å². The number of halogens is 3. The standard InChI is InChI=1S/C28H37F3N6O3S/c29-28(30,31)22-4-3-19(14-24(22)41-13-12-36-9-1-2-25(36)39)26-21-15-33-8-5-23(21)37(34-26)17-20(38)16-35-10-6-18(7-11-35)27(32)40/h3-4,14,18,20,33,38H,1-2,5-13,15-17H2,(H2,32,40). The van der Waals surface area contributed by atoms with Crippen LogP contribution in [0.5, 0.6) is 0 Å². The van der Waals surface area contributed by atoms with Crippen molar-refractivity contribution in [1.82, 2.24) is 24.9 Å². The first kappa shape index (κ1) is 29.9. The lowest BCUT2D eigenvalue weighted by molar-refractivity contribution is -0.139. The summed E-state index contributed by atoms with van der Waals surface area (Å²) < 4.78 is 43.5. The number of alkyl halides is 3. The quantitative estimate of drug-likeness (QED) is 0.362. The van der Waals surface area contributed by atoms with Crippen molar-refractivity contribution in [2.75, 3.05) is 45.0 Å². The highest BCUT2D eigenvalue weighted by atomic mass is 32.2. The molecule has 224 valence electrons. The van der Waals surface area contributed by atoms with E-state index in [-0.39, 0.29) is 29.2 Å². The van der Waals surface area contributed by atoms with Gasteiger partial charge < -0.3 is 26.0 Å². The number of hydrogen-bond acceptors (Lipinski definition) is 7. The van der Waals surface area contributed by atoms with Crippen LogP contribution in [0.4, 0.5) is 13.2 Å². The molecule has 1 aromatic carbocycles. The molecule has 13 heteroatoms. The fourth-order valence-electron chi connectivity index (χ4n) is 5.99. The SMILES string of the molecule is NC(=O)C1CCN(CC(O)Cn2nc(-c3ccc(C(F)(F)F)c(SCCN4CCCC4=O)c3)c3c2CCNC3)CC1. The fraction of sp³-hybridized carbons (Fsp3) is 0.607. The zero-order chi connectivity index (χ0) is 29.1. The maximum absolute atomic E-state index is 13.9. The van der Waals surface area contributed by atoms with Crippen molar-refractivity contribution in [2.24, 2.45) is 11.7 Å². The second kappa shape index (κ2) is 12.7. The summed E-state index contributed by atoms with van der Waals surface area (Å²) in [5.41, 5.74) is 7.86. The van der Waals surface area contributed by atoms with Gasteiger partial charge in [-0.15, -0.1) is 11.8 Å². The third kappa shape index (κ3) is 7.07. The van der Waals surface area contributed by atoms with E-state index in [1.807, 2.05) is 0 Å². The van der Waals surface area contributed by atoms with Crippen molar-refractivity contribution >= 4 is 23.6 Å². The Bertz CT molecular complexity index is 1260. The van der Waals surface area contributed by atoms with Crippen LogP contribution >= 0.6 is 11.8 Å². The summed E-state index contributed by atoms with van der Waals surface area (Å²) in [6.45, 7) is 4.44. The van der Waals surface area contributed by atoms with Crippen LogP contribution in [0.3, 0.4) is 0 Å². The van der Waals surface area contributed by atoms with Crippen LogP contribution in [0.1, 0.15) is 42.5 Å². The highest BCUT2D eigenvalue weighted by Gasteiger charge is 2.34. The summed E-state index contributed by atoms with van der Waals surface area (Å²) in [6.07, 6.45) is -1.85. The maximum atomic E-state index is 13.9. The zero-order valence-corrected chi connectivity index (χ0v) is 23.8. The number of aliphatic hydroxyl groups is 1. The summed E-state index contributed by atoms with van der Waals surface area (Å²) in [5, 5.41) is 19.1. The topological polar surface area (TPSA) is 117 Å². The first-order valence-corrected chi connectivity index (χ1v) is 15.2. The van der Waals surface area contributed by atoms with Gasteiger partial charge in [-0.3, -0.25) is 14.3 Å². The number of aliphatic hydroxyl groups excluding tert-OH is 1. The van der Waals surface area contributed by atoms with Gasteiger partial charge in [-0.2, -0.15) is 18.3 Å². The van der Waals surface area contributed by atoms with E-state index in [1.165, 1.54) is 6.07 Å². The van der Waals surface area contributed by atoms with Crippen LogP contribution in [0, 0.1) is 5.92 Å². The third-order valence-corrected chi connectivity index (χ3v) is 9.24. The number of carbonyl (C=O) groups excluding carboxylic acids is 2. The molecule has 1 aromatic heterocycles. The van der Waals surface area contributed by atoms with Crippen molar-refractivity contribution < 1.29 is 27.9 Å². The molecule has 5 rings (SSSR count). The minimum absolute atomic E-state index is 0.0531. The van der Waals surface area contributed by atoms with Gasteiger partial charge in [-0.1, -0.05) is 6.07 Å². The molecule has 1 atom stereocenters. The Morgan fingerprint density at radius 2 is 1.98 bits per heavy atom. The van der Waals surface area contributed by atoms with Gasteiger partial charge in [0.05, 0.1) is 23.9 Å². The number of nitrogens with one attached hydrogen (secondary N) is 1. The Morgan fingerprint density at radius 3 is 2.66 bits per heavy atom. The number of nitrogens with two attached hydrogens (primary N) is 1. The molecule has 3 aliphatic heterocycles. The van der Waals surface area contributed by atoms with E-state index >= 15 is 0 Å². The molecular formula is C28H37F3N6O3S. The van der Waals surface area contributed by atoms with E-state index in [0.29, 0.717) is 82.0 Å². The molecule has 0 spiro atoms. The number of hydrogen-bond donors (Lipinski definition) is 3. The van der Waals surface area contributed by atoms with E-state index in [2.05, 4.69) is 10.2 Å². The van der Waals surface area contributed by atoms with Crippen LogP contribution in [0.2, 0.25) is 0 Å². The Hall–Kier alpha value is -2.61. The molecule has 41 heavy (non-hydrogen) atoms. The van der Waals surface area contributed by atoms with Crippen molar-refractivity contribution in [3.8, 4) is 11.3 Å². The smallest absolute Gasteiger partial charge is 0.390 e. The summed E-state index contributed by atoms with van der Waals surface area (Å²) in [6, 6.07) is 4.14. The highest BCUT2D eigenvalue weighted by molar-refractivity contribution is 7.99. The maximum Gasteiger partial charge on any atom is 0.417 e. The number of carbonyl (C=O) groups is 2. The zero-order valence-electron chi connectivity index (χ0n) is 23.0. The fourth-order valence-corrected chi connectivity index (χ4v) is 7.07. The monoisotopic (exact) mass is 594 g/mol. The van der Waals surface area contributed by atoms with Crippen molar-refractivity contribution in [2.45, 2.75) is 62.4 Å². The van der Waals surface area contributed by atoms with Gasteiger partial charge in [0.15, 0.2) is 0 Å². The Morgan fingerprint density at radius 1 is 1.20 bits per heavy atom. The average molecular weight is 595 g/mol. The van der Waals surface area contributed by atoms with Gasteiger partial charge in [-0.25, -0.2) is 0 Å².